The molecule has 5 rings (SSSR count). The molecule has 0 bridgehead atoms. The maximum Gasteiger partial charge on any atom is 0.184 e. The predicted octanol–water partition coefficient (Wildman–Crippen LogP) is 3.94. The lowest BCUT2D eigenvalue weighted by atomic mass is 9.93. The van der Waals surface area contributed by atoms with Crippen LogP contribution in [-0.2, 0) is 6.54 Å². The molecule has 0 amide bonds. The van der Waals surface area contributed by atoms with Gasteiger partial charge in [-0.05, 0) is 31.0 Å². The zero-order chi connectivity index (χ0) is 19.1. The van der Waals surface area contributed by atoms with Gasteiger partial charge in [-0.25, -0.2) is 19.3 Å². The number of hydrogen-bond acceptors (Lipinski definition) is 6. The van der Waals surface area contributed by atoms with Crippen LogP contribution in [0.25, 0.3) is 21.4 Å². The van der Waals surface area contributed by atoms with Crippen LogP contribution in [-0.4, -0.2) is 36.8 Å². The molecule has 1 fully saturated rings. The molecule has 0 saturated heterocycles. The van der Waals surface area contributed by atoms with Gasteiger partial charge in [0.05, 0.1) is 35.2 Å². The first-order valence-electron chi connectivity index (χ1n) is 9.47. The zero-order valence-electron chi connectivity index (χ0n) is 15.2. The molecule has 0 radical (unpaired) electrons. The summed E-state index contributed by atoms with van der Waals surface area (Å²) >= 11 is 1.30. The van der Waals surface area contributed by atoms with Gasteiger partial charge in [0.2, 0.25) is 0 Å². The molecule has 1 aromatic carbocycles. The fourth-order valence-corrected chi connectivity index (χ4v) is 4.81. The van der Waals surface area contributed by atoms with E-state index < -0.39 is 0 Å². The highest BCUT2D eigenvalue weighted by Crippen LogP contribution is 2.32. The first-order chi connectivity index (χ1) is 13.7. The lowest BCUT2D eigenvalue weighted by Crippen LogP contribution is -2.36. The van der Waals surface area contributed by atoms with Crippen molar-refractivity contribution in [3.05, 3.63) is 48.2 Å². The molecule has 1 aliphatic carbocycles. The van der Waals surface area contributed by atoms with Crippen LogP contribution in [0.2, 0.25) is 0 Å². The highest BCUT2D eigenvalue weighted by Gasteiger charge is 2.24. The van der Waals surface area contributed by atoms with E-state index in [0.717, 1.165) is 36.8 Å². The average molecular weight is 397 g/mol. The minimum Gasteiger partial charge on any atom is -0.391 e. The standard InChI is InChI=1S/C20H20FN5OS/c21-17-12(10-26-11-23-15-5-3-9-22-19(15)26)7-8-14-18(17)28-20(25-14)24-13-4-1-2-6-16(13)27/h3,5,7-9,11,13,16,27H,1-2,4,6,10H2,(H,24,25). The molecule has 3 aromatic heterocycles. The molecule has 0 aliphatic heterocycles. The number of aromatic nitrogens is 4. The third-order valence-corrected chi connectivity index (χ3v) is 6.33. The van der Waals surface area contributed by atoms with Crippen molar-refractivity contribution in [3.63, 3.8) is 0 Å². The lowest BCUT2D eigenvalue weighted by Gasteiger charge is -2.27. The van der Waals surface area contributed by atoms with E-state index in [9.17, 15) is 5.11 Å². The van der Waals surface area contributed by atoms with Crippen molar-refractivity contribution in [2.45, 2.75) is 44.4 Å². The SMILES string of the molecule is OC1CCCCC1Nc1nc2ccc(Cn3cnc4cccnc43)c(F)c2s1. The average Bonchev–Trinajstić information content (AvgIpc) is 3.30. The Labute approximate surface area is 165 Å². The smallest absolute Gasteiger partial charge is 0.184 e. The normalized spacial score (nSPS) is 20.1. The largest absolute Gasteiger partial charge is 0.391 e. The van der Waals surface area contributed by atoms with Gasteiger partial charge in [-0.15, -0.1) is 0 Å². The van der Waals surface area contributed by atoms with E-state index in [4.69, 9.17) is 0 Å². The third-order valence-electron chi connectivity index (χ3n) is 5.33. The van der Waals surface area contributed by atoms with E-state index in [-0.39, 0.29) is 18.0 Å². The summed E-state index contributed by atoms with van der Waals surface area (Å²) in [4.78, 5) is 13.2. The Hall–Kier alpha value is -2.58. The monoisotopic (exact) mass is 397 g/mol. The number of pyridine rings is 1. The van der Waals surface area contributed by atoms with Crippen LogP contribution in [0.1, 0.15) is 31.2 Å². The summed E-state index contributed by atoms with van der Waals surface area (Å²) in [5.74, 6) is -0.259. The predicted molar refractivity (Wildman–Crippen MR) is 108 cm³/mol. The molecule has 4 aromatic rings. The second-order valence-corrected chi connectivity index (χ2v) is 8.23. The summed E-state index contributed by atoms with van der Waals surface area (Å²) in [5.41, 5.74) is 2.73. The van der Waals surface area contributed by atoms with Gasteiger partial charge in [-0.1, -0.05) is 30.2 Å². The minimum absolute atomic E-state index is 0.0137. The Bertz CT molecular complexity index is 1140. The highest BCUT2D eigenvalue weighted by atomic mass is 32.1. The van der Waals surface area contributed by atoms with Crippen LogP contribution in [0.4, 0.5) is 9.52 Å². The van der Waals surface area contributed by atoms with E-state index in [1.807, 2.05) is 22.8 Å². The quantitative estimate of drug-likeness (QED) is 0.545. The van der Waals surface area contributed by atoms with Gasteiger partial charge < -0.3 is 15.0 Å². The Morgan fingerprint density at radius 2 is 2.07 bits per heavy atom. The van der Waals surface area contributed by atoms with Gasteiger partial charge in [-0.3, -0.25) is 0 Å². The van der Waals surface area contributed by atoms with Crippen LogP contribution in [0, 0.1) is 5.82 Å². The Morgan fingerprint density at radius 1 is 1.18 bits per heavy atom. The topological polar surface area (TPSA) is 75.9 Å². The number of aliphatic hydroxyl groups excluding tert-OH is 1. The van der Waals surface area contributed by atoms with Crippen LogP contribution in [0.3, 0.4) is 0 Å². The highest BCUT2D eigenvalue weighted by molar-refractivity contribution is 7.22. The van der Waals surface area contributed by atoms with Crippen molar-refractivity contribution in [1.82, 2.24) is 19.5 Å². The van der Waals surface area contributed by atoms with Crippen molar-refractivity contribution in [3.8, 4) is 0 Å². The number of anilines is 1. The number of fused-ring (bicyclic) bond motifs is 2. The van der Waals surface area contributed by atoms with Gasteiger partial charge in [0, 0.05) is 11.8 Å². The summed E-state index contributed by atoms with van der Waals surface area (Å²) in [6, 6.07) is 7.32. The molecule has 2 unspecified atom stereocenters. The second-order valence-electron chi connectivity index (χ2n) is 7.23. The number of nitrogens with one attached hydrogen (secondary N) is 1. The molecule has 1 aliphatic rings. The number of imidazole rings is 1. The van der Waals surface area contributed by atoms with Crippen molar-refractivity contribution in [1.29, 1.82) is 0 Å². The van der Waals surface area contributed by atoms with Gasteiger partial charge in [0.15, 0.2) is 10.8 Å². The van der Waals surface area contributed by atoms with Crippen molar-refractivity contribution < 1.29 is 9.50 Å². The number of halogens is 1. The van der Waals surface area contributed by atoms with Gasteiger partial charge in [-0.2, -0.15) is 0 Å². The molecular weight excluding hydrogens is 377 g/mol. The minimum atomic E-state index is -0.372. The van der Waals surface area contributed by atoms with E-state index in [1.165, 1.54) is 11.3 Å². The maximum absolute atomic E-state index is 15.2. The Balaban J connectivity index is 1.44. The van der Waals surface area contributed by atoms with E-state index in [2.05, 4.69) is 20.3 Å². The van der Waals surface area contributed by atoms with Crippen LogP contribution >= 0.6 is 11.3 Å². The number of rotatable bonds is 4. The first-order valence-corrected chi connectivity index (χ1v) is 10.3. The van der Waals surface area contributed by atoms with Gasteiger partial charge >= 0.3 is 0 Å². The van der Waals surface area contributed by atoms with Gasteiger partial charge in [0.25, 0.3) is 0 Å². The van der Waals surface area contributed by atoms with Crippen molar-refractivity contribution in [2.24, 2.45) is 0 Å². The molecule has 6 nitrogen and oxygen atoms in total. The second kappa shape index (κ2) is 7.10. The summed E-state index contributed by atoms with van der Waals surface area (Å²) in [6.07, 6.45) is 6.87. The number of hydrogen-bond donors (Lipinski definition) is 2. The summed E-state index contributed by atoms with van der Waals surface area (Å²) < 4.78 is 17.5. The number of nitrogens with zero attached hydrogens (tertiary/aromatic N) is 4. The first kappa shape index (κ1) is 17.5. The van der Waals surface area contributed by atoms with E-state index in [0.29, 0.717) is 27.5 Å². The fourth-order valence-electron chi connectivity index (χ4n) is 3.82. The van der Waals surface area contributed by atoms with E-state index >= 15 is 4.39 Å². The molecule has 8 heteroatoms. The number of thiazole rings is 1. The lowest BCUT2D eigenvalue weighted by molar-refractivity contribution is 0.116. The third kappa shape index (κ3) is 3.12. The Kier molecular flexibility index (Phi) is 4.44. The van der Waals surface area contributed by atoms with Crippen LogP contribution in [0.5, 0.6) is 0 Å². The molecule has 144 valence electrons. The maximum atomic E-state index is 15.2. The van der Waals surface area contributed by atoms with Crippen molar-refractivity contribution >= 4 is 37.8 Å². The summed E-state index contributed by atoms with van der Waals surface area (Å²) in [5, 5.41) is 14.1. The molecule has 0 spiro atoms. The zero-order valence-corrected chi connectivity index (χ0v) is 16.0. The van der Waals surface area contributed by atoms with E-state index in [1.54, 1.807) is 18.6 Å². The van der Waals surface area contributed by atoms with Gasteiger partial charge in [0.1, 0.15) is 11.3 Å². The van der Waals surface area contributed by atoms with Crippen molar-refractivity contribution in [2.75, 3.05) is 5.32 Å². The van der Waals surface area contributed by atoms with Crippen LogP contribution < -0.4 is 5.32 Å². The van der Waals surface area contributed by atoms with Crippen LogP contribution in [0.15, 0.2) is 36.8 Å². The molecule has 3 heterocycles. The molecule has 1 saturated carbocycles. The summed E-state index contributed by atoms with van der Waals surface area (Å²) in [7, 11) is 0. The Morgan fingerprint density at radius 3 is 2.96 bits per heavy atom. The summed E-state index contributed by atoms with van der Waals surface area (Å²) in [6.45, 7) is 0.358. The molecule has 28 heavy (non-hydrogen) atoms. The number of benzene rings is 1. The fraction of sp³-hybridized carbons (Fsp3) is 0.350. The number of aliphatic hydroxyl groups is 1. The molecule has 2 atom stereocenters. The molecular formula is C20H20FN5OS. The molecule has 2 N–H and O–H groups in total.